The number of nitrogen functional groups attached to an aromatic ring is 1. The molecule has 4 rings (SSSR count). The molecule has 7 heteroatoms. The van der Waals surface area contributed by atoms with Gasteiger partial charge in [0.15, 0.2) is 17.1 Å². The molecule has 0 radical (unpaired) electrons. The lowest BCUT2D eigenvalue weighted by molar-refractivity contribution is 0.518. The Kier molecular flexibility index (Phi) is 4.98. The van der Waals surface area contributed by atoms with Crippen LogP contribution in [0.5, 0.6) is 0 Å². The Morgan fingerprint density at radius 3 is 2.57 bits per heavy atom. The largest absolute Gasteiger partial charge is 0.396 e. The maximum absolute atomic E-state index is 15.4. The average Bonchev–Trinajstić information content (AvgIpc) is 3.24. The highest BCUT2D eigenvalue weighted by atomic mass is 19.1. The van der Waals surface area contributed by atoms with Crippen LogP contribution in [0.25, 0.3) is 10.9 Å². The average molecular weight is 384 g/mol. The summed E-state index contributed by atoms with van der Waals surface area (Å²) in [6.07, 6.45) is 9.42. The Morgan fingerprint density at radius 1 is 1.14 bits per heavy atom. The van der Waals surface area contributed by atoms with E-state index in [0.29, 0.717) is 13.0 Å². The summed E-state index contributed by atoms with van der Waals surface area (Å²) >= 11 is 0. The molecule has 0 amide bonds. The van der Waals surface area contributed by atoms with Gasteiger partial charge in [-0.2, -0.15) is 0 Å². The number of aromatic nitrogens is 2. The van der Waals surface area contributed by atoms with Crippen molar-refractivity contribution in [2.75, 3.05) is 17.6 Å². The molecule has 1 aliphatic carbocycles. The first kappa shape index (κ1) is 18.4. The minimum atomic E-state index is -0.916. The minimum absolute atomic E-state index is 0.0796. The molecule has 1 saturated carbocycles. The van der Waals surface area contributed by atoms with Crippen LogP contribution in [-0.4, -0.2) is 16.1 Å². The fraction of sp³-hybridized carbons (Fsp3) is 0.333. The van der Waals surface area contributed by atoms with Crippen molar-refractivity contribution in [2.45, 2.75) is 38.1 Å². The fourth-order valence-electron chi connectivity index (χ4n) is 4.02. The molecule has 5 nitrogen and oxygen atoms in total. The normalized spacial score (nSPS) is 14.6. The van der Waals surface area contributed by atoms with Crippen molar-refractivity contribution in [2.24, 2.45) is 0 Å². The van der Waals surface area contributed by atoms with Crippen LogP contribution in [0.1, 0.15) is 37.3 Å². The molecule has 0 aliphatic heterocycles. The molecule has 2 aromatic heterocycles. The molecule has 0 saturated heterocycles. The van der Waals surface area contributed by atoms with Gasteiger partial charge in [-0.3, -0.25) is 9.78 Å². The summed E-state index contributed by atoms with van der Waals surface area (Å²) in [6.45, 7) is 0.323. The van der Waals surface area contributed by atoms with Crippen molar-refractivity contribution in [3.05, 3.63) is 64.2 Å². The van der Waals surface area contributed by atoms with Gasteiger partial charge in [-0.1, -0.05) is 12.8 Å². The van der Waals surface area contributed by atoms with E-state index < -0.39 is 17.1 Å². The van der Waals surface area contributed by atoms with Gasteiger partial charge in [-0.15, -0.1) is 0 Å². The number of hydrogen-bond donors (Lipinski definition) is 2. The zero-order valence-corrected chi connectivity index (χ0v) is 15.4. The fourth-order valence-corrected chi connectivity index (χ4v) is 4.02. The number of nitrogens with one attached hydrogen (secondary N) is 1. The summed E-state index contributed by atoms with van der Waals surface area (Å²) in [6, 6.07) is 5.13. The van der Waals surface area contributed by atoms with Crippen LogP contribution >= 0.6 is 0 Å². The van der Waals surface area contributed by atoms with Crippen LogP contribution < -0.4 is 16.5 Å². The minimum Gasteiger partial charge on any atom is -0.396 e. The van der Waals surface area contributed by atoms with Crippen molar-refractivity contribution in [1.29, 1.82) is 0 Å². The summed E-state index contributed by atoms with van der Waals surface area (Å²) in [5, 5.41) is 2.75. The summed E-state index contributed by atoms with van der Waals surface area (Å²) in [5.74, 6) is -1.68. The van der Waals surface area contributed by atoms with Gasteiger partial charge in [0, 0.05) is 37.2 Å². The van der Waals surface area contributed by atoms with Crippen LogP contribution in [0.4, 0.5) is 20.2 Å². The van der Waals surface area contributed by atoms with Gasteiger partial charge in [-0.25, -0.2) is 8.78 Å². The van der Waals surface area contributed by atoms with Gasteiger partial charge in [-0.05, 0) is 37.0 Å². The van der Waals surface area contributed by atoms with Gasteiger partial charge in [0.25, 0.3) is 0 Å². The van der Waals surface area contributed by atoms with Crippen LogP contribution in [-0.2, 0) is 6.42 Å². The Hall–Kier alpha value is -2.96. The lowest BCUT2D eigenvalue weighted by atomic mass is 10.1. The molecule has 28 heavy (non-hydrogen) atoms. The molecule has 0 bridgehead atoms. The first-order valence-electron chi connectivity index (χ1n) is 9.52. The number of rotatable bonds is 5. The van der Waals surface area contributed by atoms with Crippen LogP contribution in [0.2, 0.25) is 0 Å². The monoisotopic (exact) mass is 384 g/mol. The van der Waals surface area contributed by atoms with E-state index in [2.05, 4.69) is 10.3 Å². The third-order valence-corrected chi connectivity index (χ3v) is 5.46. The molecule has 1 fully saturated rings. The molecule has 0 atom stereocenters. The zero-order chi connectivity index (χ0) is 19.7. The second-order valence-electron chi connectivity index (χ2n) is 7.20. The van der Waals surface area contributed by atoms with Crippen molar-refractivity contribution in [3.8, 4) is 0 Å². The third-order valence-electron chi connectivity index (χ3n) is 5.46. The highest BCUT2D eigenvalue weighted by molar-refractivity contribution is 5.94. The predicted octanol–water partition coefficient (Wildman–Crippen LogP) is 4.03. The molecule has 0 spiro atoms. The summed E-state index contributed by atoms with van der Waals surface area (Å²) in [7, 11) is 0. The maximum Gasteiger partial charge on any atom is 0.191 e. The quantitative estimate of drug-likeness (QED) is 0.652. The summed E-state index contributed by atoms with van der Waals surface area (Å²) in [5.41, 5.74) is 5.97. The van der Waals surface area contributed by atoms with Crippen molar-refractivity contribution >= 4 is 22.3 Å². The second-order valence-corrected chi connectivity index (χ2v) is 7.20. The van der Waals surface area contributed by atoms with Crippen LogP contribution in [0.15, 0.2) is 41.6 Å². The van der Waals surface area contributed by atoms with E-state index in [-0.39, 0.29) is 28.3 Å². The first-order chi connectivity index (χ1) is 13.6. The van der Waals surface area contributed by atoms with Crippen LogP contribution in [0, 0.1) is 11.6 Å². The van der Waals surface area contributed by atoms with Gasteiger partial charge < -0.3 is 15.6 Å². The number of hydrogen-bond acceptors (Lipinski definition) is 4. The van der Waals surface area contributed by atoms with E-state index in [4.69, 9.17) is 5.73 Å². The first-order valence-corrected chi connectivity index (χ1v) is 9.52. The highest BCUT2D eigenvalue weighted by Crippen LogP contribution is 2.37. The van der Waals surface area contributed by atoms with Crippen LogP contribution in [0.3, 0.4) is 0 Å². The molecule has 146 valence electrons. The van der Waals surface area contributed by atoms with Gasteiger partial charge >= 0.3 is 0 Å². The second kappa shape index (κ2) is 7.58. The molecule has 1 aromatic carbocycles. The van der Waals surface area contributed by atoms with Gasteiger partial charge in [0.2, 0.25) is 0 Å². The topological polar surface area (TPSA) is 72.9 Å². The van der Waals surface area contributed by atoms with Gasteiger partial charge in [0.05, 0.1) is 16.6 Å². The third kappa shape index (κ3) is 3.21. The Bertz CT molecular complexity index is 1060. The Balaban J connectivity index is 1.76. The molecule has 2 heterocycles. The van der Waals surface area contributed by atoms with E-state index >= 15 is 4.39 Å². The molecule has 0 unspecified atom stereocenters. The van der Waals surface area contributed by atoms with E-state index in [9.17, 15) is 9.18 Å². The van der Waals surface area contributed by atoms with Crippen molar-refractivity contribution in [3.63, 3.8) is 0 Å². The number of halogens is 2. The zero-order valence-electron chi connectivity index (χ0n) is 15.4. The smallest absolute Gasteiger partial charge is 0.191 e. The number of nitrogens with two attached hydrogens (primary N) is 1. The Labute approximate surface area is 161 Å². The van der Waals surface area contributed by atoms with Gasteiger partial charge in [0.1, 0.15) is 5.69 Å². The summed E-state index contributed by atoms with van der Waals surface area (Å²) in [4.78, 5) is 16.3. The van der Waals surface area contributed by atoms with Crippen molar-refractivity contribution in [1.82, 2.24) is 9.55 Å². The van der Waals surface area contributed by atoms with E-state index in [1.54, 1.807) is 23.2 Å². The van der Waals surface area contributed by atoms with E-state index in [1.807, 2.05) is 12.1 Å². The molecule has 1 aliphatic rings. The maximum atomic E-state index is 15.4. The molecular weight excluding hydrogens is 362 g/mol. The number of fused-ring (bicyclic) bond motifs is 1. The lowest BCUT2D eigenvalue weighted by Gasteiger charge is -2.21. The standard InChI is InChI=1S/C21H22F2N4O/c22-17-19(24)16-15(28)8-12-27(14-3-1-2-4-14)21(16)18(23)20(17)26-11-7-13-5-9-25-10-6-13/h5-6,8-10,12,14,26H,1-4,7,11,24H2. The number of benzene rings is 1. The molecule has 3 N–H and O–H groups in total. The SMILES string of the molecule is Nc1c(F)c(NCCc2ccncc2)c(F)c2c1c(=O)ccn2C1CCCC1. The predicted molar refractivity (Wildman–Crippen MR) is 106 cm³/mol. The number of pyridine rings is 2. The summed E-state index contributed by atoms with van der Waals surface area (Å²) < 4.78 is 32.0. The molecular formula is C21H22F2N4O. The van der Waals surface area contributed by atoms with Crippen molar-refractivity contribution < 1.29 is 8.78 Å². The highest BCUT2D eigenvalue weighted by Gasteiger charge is 2.25. The number of anilines is 2. The molecule has 3 aromatic rings. The van der Waals surface area contributed by atoms with E-state index in [0.717, 1.165) is 31.2 Å². The van der Waals surface area contributed by atoms with E-state index in [1.165, 1.54) is 6.07 Å². The Morgan fingerprint density at radius 2 is 1.86 bits per heavy atom. The number of nitrogens with zero attached hydrogens (tertiary/aromatic N) is 2. The lowest BCUT2D eigenvalue weighted by Crippen LogP contribution is -2.18.